The summed E-state index contributed by atoms with van der Waals surface area (Å²) in [4.78, 5) is 11.3. The van der Waals surface area contributed by atoms with Crippen molar-refractivity contribution >= 4 is 15.9 Å². The number of sulfone groups is 1. The minimum absolute atomic E-state index is 0.127. The molecular formula is C11H15NO4S. The Bertz CT molecular complexity index is 496. The fourth-order valence-corrected chi connectivity index (χ4v) is 2.30. The zero-order valence-electron chi connectivity index (χ0n) is 9.76. The number of carbonyl (C=O) groups is 1. The number of benzene rings is 1. The molecule has 0 atom stereocenters. The molecule has 1 aromatic carbocycles. The van der Waals surface area contributed by atoms with Gasteiger partial charge in [0.15, 0.2) is 9.84 Å². The van der Waals surface area contributed by atoms with Crippen molar-refractivity contribution in [1.29, 1.82) is 0 Å². The first-order chi connectivity index (χ1) is 7.95. The van der Waals surface area contributed by atoms with Crippen molar-refractivity contribution in [3.8, 4) is 0 Å². The third-order valence-electron chi connectivity index (χ3n) is 2.07. The monoisotopic (exact) mass is 257 g/mol. The van der Waals surface area contributed by atoms with E-state index in [2.05, 4.69) is 10.1 Å². The van der Waals surface area contributed by atoms with Gasteiger partial charge in [0.25, 0.3) is 0 Å². The van der Waals surface area contributed by atoms with Crippen molar-refractivity contribution in [1.82, 2.24) is 5.32 Å². The number of rotatable bonds is 4. The smallest absolute Gasteiger partial charge is 0.407 e. The molecule has 0 saturated heterocycles. The standard InChI is InChI=1S/C11H15NO4S/c1-3-16-11(13)12-8-9-6-4-5-7-10(9)17(2,14)15/h4-7H,3,8H2,1-2H3,(H,12,13). The lowest BCUT2D eigenvalue weighted by Gasteiger charge is -2.09. The van der Waals surface area contributed by atoms with Crippen LogP contribution in [0.2, 0.25) is 0 Å². The number of alkyl carbamates (subject to hydrolysis) is 1. The molecule has 0 aliphatic rings. The van der Waals surface area contributed by atoms with Gasteiger partial charge in [-0.1, -0.05) is 18.2 Å². The predicted octanol–water partition coefficient (Wildman–Crippen LogP) is 1.34. The molecule has 5 nitrogen and oxygen atoms in total. The third-order valence-corrected chi connectivity index (χ3v) is 3.27. The van der Waals surface area contributed by atoms with Gasteiger partial charge in [0.1, 0.15) is 0 Å². The Hall–Kier alpha value is -1.56. The summed E-state index contributed by atoms with van der Waals surface area (Å²) in [6, 6.07) is 6.53. The predicted molar refractivity (Wildman–Crippen MR) is 63.4 cm³/mol. The molecule has 1 amide bonds. The summed E-state index contributed by atoms with van der Waals surface area (Å²) in [5.74, 6) is 0. The Kier molecular flexibility index (Phi) is 4.51. The van der Waals surface area contributed by atoms with Crippen LogP contribution in [-0.2, 0) is 21.1 Å². The largest absolute Gasteiger partial charge is 0.450 e. The molecular weight excluding hydrogens is 242 g/mol. The van der Waals surface area contributed by atoms with Crippen molar-refractivity contribution in [3.05, 3.63) is 29.8 Å². The molecule has 17 heavy (non-hydrogen) atoms. The lowest BCUT2D eigenvalue weighted by Crippen LogP contribution is -2.24. The number of hydrogen-bond donors (Lipinski definition) is 1. The molecule has 0 aliphatic heterocycles. The number of ether oxygens (including phenoxy) is 1. The van der Waals surface area contributed by atoms with Crippen LogP contribution < -0.4 is 5.32 Å². The molecule has 0 saturated carbocycles. The van der Waals surface area contributed by atoms with Gasteiger partial charge in [-0.15, -0.1) is 0 Å². The van der Waals surface area contributed by atoms with Crippen LogP contribution in [0.3, 0.4) is 0 Å². The van der Waals surface area contributed by atoms with Crippen LogP contribution in [0.25, 0.3) is 0 Å². The van der Waals surface area contributed by atoms with Crippen LogP contribution in [0.1, 0.15) is 12.5 Å². The zero-order valence-corrected chi connectivity index (χ0v) is 10.6. The van der Waals surface area contributed by atoms with Gasteiger partial charge in [-0.2, -0.15) is 0 Å². The van der Waals surface area contributed by atoms with Crippen LogP contribution in [0.4, 0.5) is 4.79 Å². The van der Waals surface area contributed by atoms with Gasteiger partial charge in [0.05, 0.1) is 11.5 Å². The van der Waals surface area contributed by atoms with Gasteiger partial charge >= 0.3 is 6.09 Å². The second kappa shape index (κ2) is 5.67. The van der Waals surface area contributed by atoms with Gasteiger partial charge in [-0.05, 0) is 18.6 Å². The molecule has 0 radical (unpaired) electrons. The first-order valence-electron chi connectivity index (χ1n) is 5.13. The second-order valence-electron chi connectivity index (χ2n) is 3.45. The molecule has 1 rings (SSSR count). The molecule has 0 fully saturated rings. The molecule has 0 bridgehead atoms. The van der Waals surface area contributed by atoms with Gasteiger partial charge in [-0.3, -0.25) is 0 Å². The normalized spacial score (nSPS) is 10.9. The highest BCUT2D eigenvalue weighted by Crippen LogP contribution is 2.14. The van der Waals surface area contributed by atoms with Gasteiger partial charge in [0, 0.05) is 12.8 Å². The van der Waals surface area contributed by atoms with Crippen LogP contribution in [0.15, 0.2) is 29.2 Å². The quantitative estimate of drug-likeness (QED) is 0.883. The lowest BCUT2D eigenvalue weighted by atomic mass is 10.2. The van der Waals surface area contributed by atoms with Crippen molar-refractivity contribution in [2.24, 2.45) is 0 Å². The number of carbonyl (C=O) groups excluding carboxylic acids is 1. The van der Waals surface area contributed by atoms with E-state index in [1.807, 2.05) is 0 Å². The number of amides is 1. The molecule has 6 heteroatoms. The van der Waals surface area contributed by atoms with E-state index in [9.17, 15) is 13.2 Å². The Morgan fingerprint density at radius 2 is 2.00 bits per heavy atom. The Morgan fingerprint density at radius 3 is 2.59 bits per heavy atom. The van der Waals surface area contributed by atoms with E-state index < -0.39 is 15.9 Å². The van der Waals surface area contributed by atoms with Crippen LogP contribution >= 0.6 is 0 Å². The van der Waals surface area contributed by atoms with E-state index in [0.29, 0.717) is 5.56 Å². The van der Waals surface area contributed by atoms with E-state index in [0.717, 1.165) is 6.26 Å². The lowest BCUT2D eigenvalue weighted by molar-refractivity contribution is 0.151. The maximum absolute atomic E-state index is 11.5. The summed E-state index contributed by atoms with van der Waals surface area (Å²) in [7, 11) is -3.29. The number of nitrogens with one attached hydrogen (secondary N) is 1. The van der Waals surface area contributed by atoms with Crippen LogP contribution in [-0.4, -0.2) is 27.4 Å². The summed E-state index contributed by atoms with van der Waals surface area (Å²) in [5.41, 5.74) is 0.544. The average molecular weight is 257 g/mol. The van der Waals surface area contributed by atoms with Gasteiger partial charge in [-0.25, -0.2) is 13.2 Å². The molecule has 0 aromatic heterocycles. The fraction of sp³-hybridized carbons (Fsp3) is 0.364. The summed E-state index contributed by atoms with van der Waals surface area (Å²) in [5, 5.41) is 2.49. The Balaban J connectivity index is 2.82. The minimum atomic E-state index is -3.29. The molecule has 0 unspecified atom stereocenters. The maximum atomic E-state index is 11.5. The third kappa shape index (κ3) is 4.07. The van der Waals surface area contributed by atoms with Gasteiger partial charge in [0.2, 0.25) is 0 Å². The highest BCUT2D eigenvalue weighted by molar-refractivity contribution is 7.90. The average Bonchev–Trinajstić information content (AvgIpc) is 2.26. The molecule has 0 aliphatic carbocycles. The zero-order chi connectivity index (χ0) is 12.9. The van der Waals surface area contributed by atoms with E-state index in [-0.39, 0.29) is 18.0 Å². The SMILES string of the molecule is CCOC(=O)NCc1ccccc1S(C)(=O)=O. The maximum Gasteiger partial charge on any atom is 0.407 e. The van der Waals surface area contributed by atoms with Crippen molar-refractivity contribution < 1.29 is 17.9 Å². The summed E-state index contributed by atoms with van der Waals surface area (Å²) in [6.45, 7) is 2.10. The highest BCUT2D eigenvalue weighted by Gasteiger charge is 2.12. The Morgan fingerprint density at radius 1 is 1.35 bits per heavy atom. The van der Waals surface area contributed by atoms with Crippen molar-refractivity contribution in [2.75, 3.05) is 12.9 Å². The first-order valence-corrected chi connectivity index (χ1v) is 7.03. The van der Waals surface area contributed by atoms with Crippen LogP contribution in [0.5, 0.6) is 0 Å². The fourth-order valence-electron chi connectivity index (χ4n) is 1.36. The van der Waals surface area contributed by atoms with Crippen molar-refractivity contribution in [2.45, 2.75) is 18.4 Å². The highest BCUT2D eigenvalue weighted by atomic mass is 32.2. The van der Waals surface area contributed by atoms with E-state index >= 15 is 0 Å². The topological polar surface area (TPSA) is 72.5 Å². The summed E-state index contributed by atoms with van der Waals surface area (Å²) < 4.78 is 27.6. The van der Waals surface area contributed by atoms with E-state index in [4.69, 9.17) is 0 Å². The van der Waals surface area contributed by atoms with Crippen LogP contribution in [0, 0.1) is 0 Å². The summed E-state index contributed by atoms with van der Waals surface area (Å²) in [6.07, 6.45) is 0.576. The van der Waals surface area contributed by atoms with E-state index in [1.54, 1.807) is 25.1 Å². The van der Waals surface area contributed by atoms with Gasteiger partial charge < -0.3 is 10.1 Å². The molecule has 0 spiro atoms. The molecule has 0 heterocycles. The second-order valence-corrected chi connectivity index (χ2v) is 5.44. The molecule has 94 valence electrons. The van der Waals surface area contributed by atoms with Crippen molar-refractivity contribution in [3.63, 3.8) is 0 Å². The molecule has 1 N–H and O–H groups in total. The molecule has 1 aromatic rings. The summed E-state index contributed by atoms with van der Waals surface area (Å²) >= 11 is 0. The van der Waals surface area contributed by atoms with E-state index in [1.165, 1.54) is 6.07 Å². The first kappa shape index (κ1) is 13.5. The minimum Gasteiger partial charge on any atom is -0.450 e. The number of hydrogen-bond acceptors (Lipinski definition) is 4. The Labute approximate surface area is 101 Å².